The van der Waals surface area contributed by atoms with E-state index in [2.05, 4.69) is 33.1 Å². The molecule has 0 saturated heterocycles. The average molecular weight is 495 g/mol. The van der Waals surface area contributed by atoms with Gasteiger partial charge >= 0.3 is 6.03 Å². The van der Waals surface area contributed by atoms with Crippen LogP contribution in [0.5, 0.6) is 0 Å². The van der Waals surface area contributed by atoms with Crippen LogP contribution in [0.4, 0.5) is 10.5 Å². The van der Waals surface area contributed by atoms with Gasteiger partial charge in [0.1, 0.15) is 5.69 Å². The predicted molar refractivity (Wildman–Crippen MR) is 146 cm³/mol. The summed E-state index contributed by atoms with van der Waals surface area (Å²) in [7, 11) is 0. The third-order valence-corrected chi connectivity index (χ3v) is 5.42. The van der Waals surface area contributed by atoms with Gasteiger partial charge in [0.05, 0.1) is 6.54 Å². The first-order valence-corrected chi connectivity index (χ1v) is 12.1. The Bertz CT molecular complexity index is 1350. The number of benzene rings is 2. The van der Waals surface area contributed by atoms with Crippen molar-refractivity contribution in [3.8, 4) is 11.3 Å². The van der Waals surface area contributed by atoms with Crippen molar-refractivity contribution in [2.75, 3.05) is 5.32 Å². The second kappa shape index (κ2) is 12.3. The number of nitrogens with one attached hydrogen (secondary N) is 3. The number of nitrogens with zero attached hydrogens (tertiary/aromatic N) is 3. The molecule has 0 aliphatic carbocycles. The van der Waals surface area contributed by atoms with Crippen molar-refractivity contribution in [3.63, 3.8) is 0 Å². The van der Waals surface area contributed by atoms with Gasteiger partial charge in [0, 0.05) is 54.1 Å². The van der Waals surface area contributed by atoms with Crippen LogP contribution in [0.2, 0.25) is 0 Å². The molecular weight excluding hydrogens is 464 g/mol. The van der Waals surface area contributed by atoms with Crippen LogP contribution in [0.15, 0.2) is 91.4 Å². The van der Waals surface area contributed by atoms with Gasteiger partial charge in [-0.1, -0.05) is 42.5 Å². The molecule has 0 spiro atoms. The van der Waals surface area contributed by atoms with Gasteiger partial charge in [-0.15, -0.1) is 0 Å². The molecule has 0 unspecified atom stereocenters. The number of pyridine rings is 1. The molecule has 37 heavy (non-hydrogen) atoms. The number of rotatable bonds is 9. The third kappa shape index (κ3) is 7.63. The molecule has 0 aliphatic heterocycles. The lowest BCUT2D eigenvalue weighted by atomic mass is 10.1. The molecule has 2 heterocycles. The summed E-state index contributed by atoms with van der Waals surface area (Å²) < 4.78 is 1.87. The summed E-state index contributed by atoms with van der Waals surface area (Å²) in [4.78, 5) is 28.6. The summed E-state index contributed by atoms with van der Waals surface area (Å²) in [6.45, 7) is 4.79. The molecule has 4 rings (SSSR count). The summed E-state index contributed by atoms with van der Waals surface area (Å²) >= 11 is 0. The van der Waals surface area contributed by atoms with Crippen molar-refractivity contribution >= 4 is 23.7 Å². The van der Waals surface area contributed by atoms with Crippen molar-refractivity contribution in [1.29, 1.82) is 0 Å². The van der Waals surface area contributed by atoms with Gasteiger partial charge in [-0.3, -0.25) is 14.5 Å². The van der Waals surface area contributed by atoms with E-state index in [1.807, 2.05) is 67.2 Å². The van der Waals surface area contributed by atoms with Crippen molar-refractivity contribution in [3.05, 3.63) is 108 Å². The highest BCUT2D eigenvalue weighted by Gasteiger charge is 2.11. The Morgan fingerprint density at radius 1 is 0.973 bits per heavy atom. The lowest BCUT2D eigenvalue weighted by molar-refractivity contribution is -0.116. The molecule has 0 bridgehead atoms. The van der Waals surface area contributed by atoms with Crippen molar-refractivity contribution in [1.82, 2.24) is 25.4 Å². The van der Waals surface area contributed by atoms with E-state index in [9.17, 15) is 9.59 Å². The zero-order valence-corrected chi connectivity index (χ0v) is 20.9. The van der Waals surface area contributed by atoms with Gasteiger partial charge in [0.2, 0.25) is 5.91 Å². The molecule has 0 saturated carbocycles. The van der Waals surface area contributed by atoms with Crippen LogP contribution in [0, 0.1) is 0 Å². The lowest BCUT2D eigenvalue weighted by Gasteiger charge is -2.10. The van der Waals surface area contributed by atoms with E-state index in [0.29, 0.717) is 18.8 Å². The SMILES string of the molecule is CC(C)NC(=O)Nc1ccc(CNC(=O)/C=C/c2cn(Cc3ccccc3)nc2-c2cccnc2)cc1. The first-order valence-electron chi connectivity index (χ1n) is 12.1. The van der Waals surface area contributed by atoms with Crippen LogP contribution >= 0.6 is 0 Å². The van der Waals surface area contributed by atoms with E-state index in [0.717, 1.165) is 27.9 Å². The van der Waals surface area contributed by atoms with E-state index < -0.39 is 0 Å². The summed E-state index contributed by atoms with van der Waals surface area (Å²) in [5, 5.41) is 13.2. The smallest absolute Gasteiger partial charge is 0.319 e. The topological polar surface area (TPSA) is 101 Å². The number of anilines is 1. The molecule has 2 aromatic heterocycles. The van der Waals surface area contributed by atoms with Crippen LogP contribution < -0.4 is 16.0 Å². The lowest BCUT2D eigenvalue weighted by Crippen LogP contribution is -2.34. The predicted octanol–water partition coefficient (Wildman–Crippen LogP) is 4.85. The van der Waals surface area contributed by atoms with Crippen molar-refractivity contribution in [2.45, 2.75) is 33.0 Å². The summed E-state index contributed by atoms with van der Waals surface area (Å²) in [5.74, 6) is -0.216. The van der Waals surface area contributed by atoms with Gasteiger partial charge in [-0.2, -0.15) is 5.10 Å². The van der Waals surface area contributed by atoms with Gasteiger partial charge in [-0.05, 0) is 55.3 Å². The molecule has 3 N–H and O–H groups in total. The van der Waals surface area contributed by atoms with E-state index in [-0.39, 0.29) is 18.0 Å². The molecule has 0 atom stereocenters. The fraction of sp³-hybridized carbons (Fsp3) is 0.172. The van der Waals surface area contributed by atoms with Gasteiger partial charge in [-0.25, -0.2) is 4.79 Å². The second-order valence-electron chi connectivity index (χ2n) is 8.86. The van der Waals surface area contributed by atoms with Gasteiger partial charge in [0.15, 0.2) is 0 Å². The summed E-state index contributed by atoms with van der Waals surface area (Å²) in [6.07, 6.45) is 8.69. The first-order chi connectivity index (χ1) is 18.0. The quantitative estimate of drug-likeness (QED) is 0.290. The zero-order chi connectivity index (χ0) is 26.0. The molecule has 3 amide bonds. The molecule has 2 aromatic carbocycles. The maximum absolute atomic E-state index is 12.5. The van der Waals surface area contributed by atoms with E-state index in [4.69, 9.17) is 5.10 Å². The summed E-state index contributed by atoms with van der Waals surface area (Å²) in [5.41, 5.74) is 5.21. The first kappa shape index (κ1) is 25.4. The Hall–Kier alpha value is -4.72. The fourth-order valence-electron chi connectivity index (χ4n) is 3.69. The Balaban J connectivity index is 1.39. The molecular formula is C29H30N6O2. The highest BCUT2D eigenvalue weighted by Crippen LogP contribution is 2.23. The maximum atomic E-state index is 12.5. The standard InChI is InChI=1S/C29H30N6O2/c1-21(2)32-29(37)33-26-13-10-22(11-14-26)17-31-27(36)15-12-25-20-35(19-23-7-4-3-5-8-23)34-28(25)24-9-6-16-30-18-24/h3-16,18,20-21H,17,19H2,1-2H3,(H,31,36)(H2,32,33,37)/b15-12+. The number of amides is 3. The summed E-state index contributed by atoms with van der Waals surface area (Å²) in [6, 6.07) is 21.0. The average Bonchev–Trinajstić information content (AvgIpc) is 3.30. The normalized spacial score (nSPS) is 11.0. The molecule has 8 heteroatoms. The Morgan fingerprint density at radius 3 is 2.46 bits per heavy atom. The molecule has 0 radical (unpaired) electrons. The minimum absolute atomic E-state index is 0.0567. The van der Waals surface area contributed by atoms with Crippen LogP contribution in [0.1, 0.15) is 30.5 Å². The third-order valence-electron chi connectivity index (χ3n) is 5.42. The number of carbonyl (C=O) groups excluding carboxylic acids is 2. The van der Waals surface area contributed by atoms with Crippen LogP contribution in [0.25, 0.3) is 17.3 Å². The number of aromatic nitrogens is 3. The van der Waals surface area contributed by atoms with Gasteiger partial charge < -0.3 is 16.0 Å². The molecule has 8 nitrogen and oxygen atoms in total. The second-order valence-corrected chi connectivity index (χ2v) is 8.86. The molecule has 0 fully saturated rings. The monoisotopic (exact) mass is 494 g/mol. The van der Waals surface area contributed by atoms with Crippen LogP contribution in [-0.4, -0.2) is 32.7 Å². The highest BCUT2D eigenvalue weighted by molar-refractivity contribution is 5.92. The number of hydrogen-bond acceptors (Lipinski definition) is 4. The number of carbonyl (C=O) groups is 2. The molecule has 4 aromatic rings. The Morgan fingerprint density at radius 2 is 1.76 bits per heavy atom. The van der Waals surface area contributed by atoms with Crippen LogP contribution in [-0.2, 0) is 17.9 Å². The van der Waals surface area contributed by atoms with Crippen molar-refractivity contribution < 1.29 is 9.59 Å². The van der Waals surface area contributed by atoms with Crippen molar-refractivity contribution in [2.24, 2.45) is 0 Å². The highest BCUT2D eigenvalue weighted by atomic mass is 16.2. The largest absolute Gasteiger partial charge is 0.348 e. The Labute approximate surface area is 216 Å². The maximum Gasteiger partial charge on any atom is 0.319 e. The minimum Gasteiger partial charge on any atom is -0.348 e. The van der Waals surface area contributed by atoms with E-state index >= 15 is 0 Å². The zero-order valence-electron chi connectivity index (χ0n) is 20.9. The van der Waals surface area contributed by atoms with E-state index in [1.165, 1.54) is 6.08 Å². The van der Waals surface area contributed by atoms with Gasteiger partial charge in [0.25, 0.3) is 0 Å². The van der Waals surface area contributed by atoms with E-state index in [1.54, 1.807) is 30.6 Å². The molecule has 0 aliphatic rings. The number of urea groups is 1. The molecule has 188 valence electrons. The Kier molecular flexibility index (Phi) is 8.44. The number of hydrogen-bond donors (Lipinski definition) is 3. The minimum atomic E-state index is -0.251. The fourth-order valence-corrected chi connectivity index (χ4v) is 3.69. The van der Waals surface area contributed by atoms with Crippen LogP contribution in [0.3, 0.4) is 0 Å².